The van der Waals surface area contributed by atoms with Crippen molar-refractivity contribution in [1.29, 1.82) is 0 Å². The van der Waals surface area contributed by atoms with Gasteiger partial charge < -0.3 is 29.7 Å². The van der Waals surface area contributed by atoms with Gasteiger partial charge in [-0.05, 0) is 30.3 Å². The zero-order valence-electron chi connectivity index (χ0n) is 20.7. The highest BCUT2D eigenvalue weighted by Crippen LogP contribution is 2.27. The number of rotatable bonds is 5. The van der Waals surface area contributed by atoms with Crippen LogP contribution in [-0.2, 0) is 0 Å². The molecule has 5 rings (SSSR count). The number of benzene rings is 2. The van der Waals surface area contributed by atoms with Crippen molar-refractivity contribution in [2.24, 2.45) is 0 Å². The molecule has 4 aromatic rings. The SMILES string of the molecule is CN(C)C(=O)c1ncc(Oc2ccc(N3CCN(C(=O)Nc4c[nH]c5c(F)cc(F)cc45)CC3)cc2)cn1. The first-order chi connectivity index (χ1) is 18.3. The molecule has 0 aliphatic carbocycles. The number of nitrogens with zero attached hydrogens (tertiary/aromatic N) is 5. The van der Waals surface area contributed by atoms with Crippen molar-refractivity contribution in [2.45, 2.75) is 0 Å². The molecule has 1 aliphatic heterocycles. The Bertz CT molecular complexity index is 1460. The number of amides is 3. The molecule has 196 valence electrons. The molecule has 12 heteroatoms. The molecule has 0 bridgehead atoms. The normalized spacial score (nSPS) is 13.5. The molecule has 0 atom stereocenters. The Labute approximate surface area is 216 Å². The topological polar surface area (TPSA) is 107 Å². The van der Waals surface area contributed by atoms with Gasteiger partial charge in [-0.2, -0.15) is 0 Å². The second-order valence-corrected chi connectivity index (χ2v) is 8.95. The van der Waals surface area contributed by atoms with E-state index >= 15 is 0 Å². The zero-order chi connectivity index (χ0) is 26.8. The maximum Gasteiger partial charge on any atom is 0.322 e. The number of nitrogens with one attached hydrogen (secondary N) is 2. The van der Waals surface area contributed by atoms with Crippen molar-refractivity contribution in [3.8, 4) is 11.5 Å². The van der Waals surface area contributed by atoms with Gasteiger partial charge in [-0.1, -0.05) is 0 Å². The predicted molar refractivity (Wildman–Crippen MR) is 138 cm³/mol. The van der Waals surface area contributed by atoms with Crippen LogP contribution < -0.4 is 15.0 Å². The Hall–Kier alpha value is -4.74. The van der Waals surface area contributed by atoms with E-state index in [4.69, 9.17) is 4.74 Å². The van der Waals surface area contributed by atoms with Crippen LogP contribution in [0.3, 0.4) is 0 Å². The first-order valence-corrected chi connectivity index (χ1v) is 11.9. The Morgan fingerprint density at radius 2 is 1.68 bits per heavy atom. The largest absolute Gasteiger partial charge is 0.454 e. The molecule has 2 aromatic carbocycles. The first-order valence-electron chi connectivity index (χ1n) is 11.9. The quantitative estimate of drug-likeness (QED) is 0.410. The molecule has 0 spiro atoms. The lowest BCUT2D eigenvalue weighted by Crippen LogP contribution is -2.50. The van der Waals surface area contributed by atoms with Gasteiger partial charge in [-0.15, -0.1) is 0 Å². The fourth-order valence-corrected chi connectivity index (χ4v) is 4.16. The molecule has 0 radical (unpaired) electrons. The number of urea groups is 1. The molecular formula is C26H25F2N7O3. The highest BCUT2D eigenvalue weighted by Gasteiger charge is 2.23. The summed E-state index contributed by atoms with van der Waals surface area (Å²) in [4.78, 5) is 40.7. The van der Waals surface area contributed by atoms with Crippen molar-refractivity contribution in [3.05, 3.63) is 72.4 Å². The minimum Gasteiger partial charge on any atom is -0.454 e. The molecule has 0 unspecified atom stereocenters. The fourth-order valence-electron chi connectivity index (χ4n) is 4.16. The lowest BCUT2D eigenvalue weighted by atomic mass is 10.2. The van der Waals surface area contributed by atoms with Crippen LogP contribution in [0.1, 0.15) is 10.6 Å². The minimum absolute atomic E-state index is 0.0924. The lowest BCUT2D eigenvalue weighted by molar-refractivity contribution is 0.0815. The maximum absolute atomic E-state index is 13.9. The number of carbonyl (C=O) groups excluding carboxylic acids is 2. The van der Waals surface area contributed by atoms with E-state index < -0.39 is 11.6 Å². The summed E-state index contributed by atoms with van der Waals surface area (Å²) >= 11 is 0. The molecule has 1 saturated heterocycles. The van der Waals surface area contributed by atoms with Crippen LogP contribution in [0.25, 0.3) is 10.9 Å². The highest BCUT2D eigenvalue weighted by atomic mass is 19.1. The van der Waals surface area contributed by atoms with E-state index in [2.05, 4.69) is 25.2 Å². The zero-order valence-corrected chi connectivity index (χ0v) is 20.7. The number of anilines is 2. The van der Waals surface area contributed by atoms with Gasteiger partial charge in [0.25, 0.3) is 5.91 Å². The van der Waals surface area contributed by atoms with E-state index in [1.54, 1.807) is 19.0 Å². The van der Waals surface area contributed by atoms with Gasteiger partial charge in [-0.25, -0.2) is 23.5 Å². The van der Waals surface area contributed by atoms with Crippen LogP contribution in [0.4, 0.5) is 25.0 Å². The molecule has 3 heterocycles. The van der Waals surface area contributed by atoms with Crippen LogP contribution in [0.5, 0.6) is 11.5 Å². The number of H-pyrrole nitrogens is 1. The number of halogens is 2. The van der Waals surface area contributed by atoms with Crippen molar-refractivity contribution in [2.75, 3.05) is 50.5 Å². The van der Waals surface area contributed by atoms with Gasteiger partial charge in [0.15, 0.2) is 5.75 Å². The Kier molecular flexibility index (Phi) is 6.77. The van der Waals surface area contributed by atoms with Crippen LogP contribution in [0, 0.1) is 11.6 Å². The Balaban J connectivity index is 1.15. The molecule has 2 N–H and O–H groups in total. The monoisotopic (exact) mass is 521 g/mol. The molecule has 3 amide bonds. The number of piperazine rings is 1. The number of fused-ring (bicyclic) bond motifs is 1. The highest BCUT2D eigenvalue weighted by molar-refractivity contribution is 6.01. The standard InChI is InChI=1S/C26H25F2N7O3/c1-33(2)25(36)24-30-13-19(14-31-24)38-18-5-3-17(4-6-18)34-7-9-35(10-8-34)26(37)32-22-15-29-23-20(22)11-16(27)12-21(23)28/h3-6,11-15,29H,7-10H2,1-2H3,(H,32,37). The average molecular weight is 522 g/mol. The first kappa shape index (κ1) is 24.9. The summed E-state index contributed by atoms with van der Waals surface area (Å²) in [5.41, 5.74) is 1.44. The van der Waals surface area contributed by atoms with E-state index in [0.717, 1.165) is 11.8 Å². The Morgan fingerprint density at radius 1 is 1.00 bits per heavy atom. The second-order valence-electron chi connectivity index (χ2n) is 8.95. The van der Waals surface area contributed by atoms with Crippen LogP contribution in [0.2, 0.25) is 0 Å². The summed E-state index contributed by atoms with van der Waals surface area (Å²) in [7, 11) is 3.26. The third kappa shape index (κ3) is 5.19. The van der Waals surface area contributed by atoms with Crippen LogP contribution >= 0.6 is 0 Å². The summed E-state index contributed by atoms with van der Waals surface area (Å²) < 4.78 is 33.4. The minimum atomic E-state index is -0.715. The van der Waals surface area contributed by atoms with Crippen molar-refractivity contribution in [3.63, 3.8) is 0 Å². The lowest BCUT2D eigenvalue weighted by Gasteiger charge is -2.36. The van der Waals surface area contributed by atoms with E-state index in [9.17, 15) is 18.4 Å². The summed E-state index contributed by atoms with van der Waals surface area (Å²) in [6, 6.07) is 9.13. The summed E-state index contributed by atoms with van der Waals surface area (Å²) in [5, 5.41) is 3.02. The fraction of sp³-hybridized carbons (Fsp3) is 0.231. The van der Waals surface area contributed by atoms with Crippen molar-refractivity contribution >= 4 is 34.2 Å². The molecule has 0 saturated carbocycles. The van der Waals surface area contributed by atoms with Gasteiger partial charge in [0, 0.05) is 63.6 Å². The predicted octanol–water partition coefficient (Wildman–Crippen LogP) is 4.08. The molecule has 2 aromatic heterocycles. The molecule has 1 aliphatic rings. The third-order valence-electron chi connectivity index (χ3n) is 6.18. The Morgan fingerprint density at radius 3 is 2.34 bits per heavy atom. The number of hydrogen-bond donors (Lipinski definition) is 2. The molecular weight excluding hydrogens is 496 g/mol. The number of ether oxygens (including phenoxy) is 1. The number of carbonyl (C=O) groups is 2. The van der Waals surface area contributed by atoms with Crippen LogP contribution in [0.15, 0.2) is 55.0 Å². The third-order valence-corrected chi connectivity index (χ3v) is 6.18. The van der Waals surface area contributed by atoms with Gasteiger partial charge in [0.05, 0.1) is 23.6 Å². The van der Waals surface area contributed by atoms with Crippen molar-refractivity contribution < 1.29 is 23.1 Å². The van der Waals surface area contributed by atoms with Gasteiger partial charge >= 0.3 is 6.03 Å². The van der Waals surface area contributed by atoms with Gasteiger partial charge in [0.1, 0.15) is 17.4 Å². The number of aromatic nitrogens is 3. The van der Waals surface area contributed by atoms with E-state index in [-0.39, 0.29) is 28.7 Å². The van der Waals surface area contributed by atoms with Gasteiger partial charge in [-0.3, -0.25) is 4.79 Å². The molecule has 1 fully saturated rings. The number of hydrogen-bond acceptors (Lipinski definition) is 6. The second kappa shape index (κ2) is 10.3. The maximum atomic E-state index is 13.9. The summed E-state index contributed by atoms with van der Waals surface area (Å²) in [5.74, 6) is -0.620. The molecule has 38 heavy (non-hydrogen) atoms. The summed E-state index contributed by atoms with van der Waals surface area (Å²) in [6.07, 6.45) is 4.35. The van der Waals surface area contributed by atoms with Gasteiger partial charge in [0.2, 0.25) is 5.82 Å². The smallest absolute Gasteiger partial charge is 0.322 e. The van der Waals surface area contributed by atoms with E-state index in [0.29, 0.717) is 43.4 Å². The van der Waals surface area contributed by atoms with E-state index in [1.165, 1.54) is 29.6 Å². The van der Waals surface area contributed by atoms with Crippen molar-refractivity contribution in [1.82, 2.24) is 24.8 Å². The van der Waals surface area contributed by atoms with E-state index in [1.807, 2.05) is 24.3 Å². The summed E-state index contributed by atoms with van der Waals surface area (Å²) in [6.45, 7) is 2.18. The number of aromatic amines is 1. The van der Waals surface area contributed by atoms with Crippen LogP contribution in [-0.4, -0.2) is 77.0 Å². The molecule has 10 nitrogen and oxygen atoms in total. The average Bonchev–Trinajstić information content (AvgIpc) is 3.31.